The lowest BCUT2D eigenvalue weighted by atomic mass is 10.2. The van der Waals surface area contributed by atoms with E-state index in [0.29, 0.717) is 18.2 Å². The maximum atomic E-state index is 9.83. The summed E-state index contributed by atoms with van der Waals surface area (Å²) in [6.07, 6.45) is 0.597. The van der Waals surface area contributed by atoms with Gasteiger partial charge >= 0.3 is 0 Å². The maximum Gasteiger partial charge on any atom is 0.119 e. The summed E-state index contributed by atoms with van der Waals surface area (Å²) in [5.74, 6) is 0.776. The van der Waals surface area contributed by atoms with Gasteiger partial charge in [0.25, 0.3) is 0 Å². The van der Waals surface area contributed by atoms with E-state index in [1.807, 2.05) is 12.1 Å². The summed E-state index contributed by atoms with van der Waals surface area (Å²) in [5, 5.41) is 18.6. The first-order valence-electron chi connectivity index (χ1n) is 7.28. The zero-order chi connectivity index (χ0) is 15.2. The lowest BCUT2D eigenvalue weighted by Gasteiger charge is -2.26. The molecule has 1 fully saturated rings. The van der Waals surface area contributed by atoms with Crippen LogP contribution < -0.4 is 4.74 Å². The van der Waals surface area contributed by atoms with Crippen molar-refractivity contribution in [2.45, 2.75) is 18.6 Å². The van der Waals surface area contributed by atoms with Gasteiger partial charge in [0.05, 0.1) is 17.7 Å². The summed E-state index contributed by atoms with van der Waals surface area (Å²) in [4.78, 5) is 4.44. The maximum absolute atomic E-state index is 9.83. The molecule has 5 heteroatoms. The number of hydrogen-bond donors (Lipinski definition) is 1. The van der Waals surface area contributed by atoms with Crippen molar-refractivity contribution in [3.05, 3.63) is 29.8 Å². The number of nitriles is 1. The minimum absolute atomic E-state index is 0.232. The van der Waals surface area contributed by atoms with Gasteiger partial charge in [-0.05, 0) is 44.8 Å². The normalized spacial score (nSPS) is 22.4. The Hall–Kier alpha value is -1.61. The van der Waals surface area contributed by atoms with E-state index in [1.165, 1.54) is 0 Å². The number of likely N-dealkylation sites (N-methyl/N-ethyl adjacent to an activating group) is 1. The zero-order valence-corrected chi connectivity index (χ0v) is 12.7. The van der Waals surface area contributed by atoms with Crippen LogP contribution in [0.1, 0.15) is 12.0 Å². The third kappa shape index (κ3) is 4.71. The summed E-state index contributed by atoms with van der Waals surface area (Å²) in [5.41, 5.74) is 0.635. The minimum atomic E-state index is -0.232. The second-order valence-electron chi connectivity index (χ2n) is 5.79. The van der Waals surface area contributed by atoms with Gasteiger partial charge in [-0.3, -0.25) is 4.90 Å². The molecule has 1 saturated heterocycles. The third-order valence-electron chi connectivity index (χ3n) is 3.71. The average molecular weight is 289 g/mol. The van der Waals surface area contributed by atoms with Gasteiger partial charge in [-0.25, -0.2) is 0 Å². The Balaban J connectivity index is 1.80. The first-order valence-corrected chi connectivity index (χ1v) is 7.28. The van der Waals surface area contributed by atoms with Crippen LogP contribution in [0.15, 0.2) is 24.3 Å². The average Bonchev–Trinajstić information content (AvgIpc) is 2.79. The van der Waals surface area contributed by atoms with Crippen LogP contribution in [0.2, 0.25) is 0 Å². The number of ether oxygens (including phenoxy) is 1. The van der Waals surface area contributed by atoms with E-state index in [2.05, 4.69) is 30.0 Å². The van der Waals surface area contributed by atoms with Gasteiger partial charge in [0.15, 0.2) is 0 Å². The number of β-amino-alcohol motifs (C(OH)–C–C–N with tert-alkyl or cyclic N) is 1. The summed E-state index contributed by atoms with van der Waals surface area (Å²) in [6, 6.07) is 9.61. The fourth-order valence-corrected chi connectivity index (χ4v) is 2.75. The van der Waals surface area contributed by atoms with E-state index in [0.717, 1.165) is 31.8 Å². The molecule has 1 N–H and O–H groups in total. The van der Waals surface area contributed by atoms with Crippen molar-refractivity contribution in [1.82, 2.24) is 9.80 Å². The Labute approximate surface area is 126 Å². The SMILES string of the molecule is CN(C)CC1CC(O)CN1CCOc1ccc(C#N)cc1. The number of aliphatic hydroxyl groups is 1. The van der Waals surface area contributed by atoms with Gasteiger partial charge < -0.3 is 14.7 Å². The molecule has 2 atom stereocenters. The Morgan fingerprint density at radius 2 is 2.10 bits per heavy atom. The molecule has 0 amide bonds. The lowest BCUT2D eigenvalue weighted by molar-refractivity contribution is 0.155. The lowest BCUT2D eigenvalue weighted by Crippen LogP contribution is -2.39. The Bertz CT molecular complexity index is 481. The van der Waals surface area contributed by atoms with Gasteiger partial charge in [0.2, 0.25) is 0 Å². The standard InChI is InChI=1S/C16H23N3O2/c1-18(2)11-14-9-15(20)12-19(14)7-8-21-16-5-3-13(10-17)4-6-16/h3-6,14-15,20H,7-9,11-12H2,1-2H3. The molecule has 0 aliphatic carbocycles. The van der Waals surface area contributed by atoms with Crippen LogP contribution in [0, 0.1) is 11.3 Å². The molecule has 0 bridgehead atoms. The predicted octanol–water partition coefficient (Wildman–Crippen LogP) is 0.934. The minimum Gasteiger partial charge on any atom is -0.492 e. The van der Waals surface area contributed by atoms with Crippen molar-refractivity contribution in [2.24, 2.45) is 0 Å². The number of benzene rings is 1. The summed E-state index contributed by atoms with van der Waals surface area (Å²) in [7, 11) is 4.10. The highest BCUT2D eigenvalue weighted by Gasteiger charge is 2.30. The van der Waals surface area contributed by atoms with E-state index in [-0.39, 0.29) is 6.10 Å². The fraction of sp³-hybridized carbons (Fsp3) is 0.562. The second kappa shape index (κ2) is 7.41. The molecule has 5 nitrogen and oxygen atoms in total. The van der Waals surface area contributed by atoms with E-state index >= 15 is 0 Å². The molecule has 1 aliphatic rings. The highest BCUT2D eigenvalue weighted by molar-refractivity contribution is 5.34. The Morgan fingerprint density at radius 3 is 2.71 bits per heavy atom. The van der Waals surface area contributed by atoms with Crippen molar-refractivity contribution < 1.29 is 9.84 Å². The molecule has 2 rings (SSSR count). The number of hydrogen-bond acceptors (Lipinski definition) is 5. The fourth-order valence-electron chi connectivity index (χ4n) is 2.75. The number of nitrogens with zero attached hydrogens (tertiary/aromatic N) is 3. The molecule has 114 valence electrons. The molecule has 1 aromatic carbocycles. The van der Waals surface area contributed by atoms with Crippen LogP contribution in [0.3, 0.4) is 0 Å². The molecule has 0 spiro atoms. The highest BCUT2D eigenvalue weighted by Crippen LogP contribution is 2.18. The molecule has 1 aromatic rings. The van der Waals surface area contributed by atoms with E-state index in [9.17, 15) is 5.11 Å². The molecular weight excluding hydrogens is 266 g/mol. The van der Waals surface area contributed by atoms with E-state index in [1.54, 1.807) is 12.1 Å². The molecule has 1 heterocycles. The molecule has 0 radical (unpaired) electrons. The number of likely N-dealkylation sites (tertiary alicyclic amines) is 1. The van der Waals surface area contributed by atoms with Crippen LogP contribution in [-0.2, 0) is 0 Å². The van der Waals surface area contributed by atoms with Gasteiger partial charge in [0.1, 0.15) is 12.4 Å². The molecule has 1 aliphatic heterocycles. The van der Waals surface area contributed by atoms with Crippen molar-refractivity contribution in [2.75, 3.05) is 40.3 Å². The van der Waals surface area contributed by atoms with Gasteiger partial charge in [-0.15, -0.1) is 0 Å². The quantitative estimate of drug-likeness (QED) is 0.844. The molecular formula is C16H23N3O2. The summed E-state index contributed by atoms with van der Waals surface area (Å²) >= 11 is 0. The predicted molar refractivity (Wildman–Crippen MR) is 81.2 cm³/mol. The van der Waals surface area contributed by atoms with Crippen LogP contribution >= 0.6 is 0 Å². The molecule has 0 saturated carbocycles. The number of rotatable bonds is 6. The van der Waals surface area contributed by atoms with Gasteiger partial charge in [-0.2, -0.15) is 5.26 Å². The summed E-state index contributed by atoms with van der Waals surface area (Å²) < 4.78 is 5.71. The van der Waals surface area contributed by atoms with Crippen LogP contribution in [0.5, 0.6) is 5.75 Å². The van der Waals surface area contributed by atoms with Crippen LogP contribution in [0.25, 0.3) is 0 Å². The van der Waals surface area contributed by atoms with Crippen LogP contribution in [0.4, 0.5) is 0 Å². The largest absolute Gasteiger partial charge is 0.492 e. The second-order valence-corrected chi connectivity index (χ2v) is 5.79. The third-order valence-corrected chi connectivity index (χ3v) is 3.71. The number of aliphatic hydroxyl groups excluding tert-OH is 1. The Morgan fingerprint density at radius 1 is 1.38 bits per heavy atom. The van der Waals surface area contributed by atoms with Gasteiger partial charge in [0, 0.05) is 25.7 Å². The van der Waals surface area contributed by atoms with E-state index < -0.39 is 0 Å². The first kappa shape index (κ1) is 15.8. The van der Waals surface area contributed by atoms with E-state index in [4.69, 9.17) is 10.00 Å². The zero-order valence-electron chi connectivity index (χ0n) is 12.7. The van der Waals surface area contributed by atoms with Gasteiger partial charge in [-0.1, -0.05) is 0 Å². The monoisotopic (exact) mass is 289 g/mol. The van der Waals surface area contributed by atoms with Crippen LogP contribution in [-0.4, -0.2) is 67.4 Å². The first-order chi connectivity index (χ1) is 10.1. The molecule has 21 heavy (non-hydrogen) atoms. The van der Waals surface area contributed by atoms with Crippen molar-refractivity contribution >= 4 is 0 Å². The smallest absolute Gasteiger partial charge is 0.119 e. The topological polar surface area (TPSA) is 59.7 Å². The highest BCUT2D eigenvalue weighted by atomic mass is 16.5. The van der Waals surface area contributed by atoms with Crippen molar-refractivity contribution in [3.63, 3.8) is 0 Å². The summed E-state index contributed by atoms with van der Waals surface area (Å²) in [6.45, 7) is 3.06. The van der Waals surface area contributed by atoms with Crippen molar-refractivity contribution in [3.8, 4) is 11.8 Å². The van der Waals surface area contributed by atoms with Crippen molar-refractivity contribution in [1.29, 1.82) is 5.26 Å². The molecule has 2 unspecified atom stereocenters. The Kier molecular flexibility index (Phi) is 5.57. The molecule has 0 aromatic heterocycles.